The highest BCUT2D eigenvalue weighted by atomic mass is 16.5. The number of nitrogens with zero attached hydrogens (tertiary/aromatic N) is 3. The van der Waals surface area contributed by atoms with Gasteiger partial charge in [-0.25, -0.2) is 4.79 Å². The average molecular weight is 556 g/mol. The van der Waals surface area contributed by atoms with E-state index in [-0.39, 0.29) is 48.6 Å². The zero-order chi connectivity index (χ0) is 29.0. The summed E-state index contributed by atoms with van der Waals surface area (Å²) in [7, 11) is 1.67. The molecule has 2 aliphatic rings. The molecule has 11 nitrogen and oxygen atoms in total. The van der Waals surface area contributed by atoms with Crippen LogP contribution in [0.15, 0.2) is 22.7 Å². The third-order valence-electron chi connectivity index (χ3n) is 7.99. The molecule has 2 heterocycles. The average Bonchev–Trinajstić information content (AvgIpc) is 3.27. The number of ether oxygens (including phenoxy) is 1. The maximum absolute atomic E-state index is 13.7. The van der Waals surface area contributed by atoms with E-state index >= 15 is 0 Å². The summed E-state index contributed by atoms with van der Waals surface area (Å²) in [6, 6.07) is 4.35. The second-order valence-electron chi connectivity index (χ2n) is 11.1. The van der Waals surface area contributed by atoms with Gasteiger partial charge in [0.05, 0.1) is 30.4 Å². The second kappa shape index (κ2) is 12.7. The van der Waals surface area contributed by atoms with Gasteiger partial charge in [0.1, 0.15) is 17.5 Å². The lowest BCUT2D eigenvalue weighted by molar-refractivity contribution is -0.120. The van der Waals surface area contributed by atoms with Crippen molar-refractivity contribution in [3.63, 3.8) is 0 Å². The van der Waals surface area contributed by atoms with Gasteiger partial charge < -0.3 is 34.8 Å². The highest BCUT2D eigenvalue weighted by molar-refractivity contribution is 6.02. The third kappa shape index (κ3) is 6.41. The summed E-state index contributed by atoms with van der Waals surface area (Å²) in [6.07, 6.45) is 4.35. The number of urea groups is 1. The van der Waals surface area contributed by atoms with Crippen LogP contribution in [0.3, 0.4) is 0 Å². The first-order valence-electron chi connectivity index (χ1n) is 14.1. The smallest absolute Gasteiger partial charge is 0.321 e. The Kier molecular flexibility index (Phi) is 9.34. The number of carbonyl (C=O) groups is 3. The van der Waals surface area contributed by atoms with Gasteiger partial charge in [0.15, 0.2) is 11.5 Å². The first-order chi connectivity index (χ1) is 19.1. The quantitative estimate of drug-likeness (QED) is 0.466. The molecule has 1 aliphatic carbocycles. The van der Waals surface area contributed by atoms with Gasteiger partial charge in [0.2, 0.25) is 5.91 Å². The Labute approximate surface area is 235 Å². The lowest BCUT2D eigenvalue weighted by atomic mass is 9.88. The zero-order valence-corrected chi connectivity index (χ0v) is 24.0. The molecule has 1 aromatic heterocycles. The number of aromatic nitrogens is 1. The van der Waals surface area contributed by atoms with Crippen LogP contribution in [0.25, 0.3) is 0 Å². The van der Waals surface area contributed by atoms with Gasteiger partial charge in [0, 0.05) is 25.4 Å². The Morgan fingerprint density at radius 3 is 2.58 bits per heavy atom. The zero-order valence-electron chi connectivity index (χ0n) is 24.0. The topological polar surface area (TPSA) is 137 Å². The number of hydrogen-bond acceptors (Lipinski definition) is 7. The molecular weight excluding hydrogens is 514 g/mol. The molecule has 1 aromatic carbocycles. The minimum Gasteiger partial charge on any atom is -0.485 e. The van der Waals surface area contributed by atoms with Crippen molar-refractivity contribution in [2.24, 2.45) is 11.8 Å². The number of benzene rings is 1. The number of amides is 4. The number of aryl methyl sites for hydroxylation is 2. The predicted octanol–water partition coefficient (Wildman–Crippen LogP) is 4.19. The number of likely N-dealkylation sites (N-methyl/N-ethyl adjacent to an activating group) is 1. The van der Waals surface area contributed by atoms with E-state index in [1.165, 1.54) is 4.90 Å². The highest BCUT2D eigenvalue weighted by Gasteiger charge is 2.35. The molecule has 3 N–H and O–H groups in total. The molecule has 3 atom stereocenters. The summed E-state index contributed by atoms with van der Waals surface area (Å²) in [5, 5.41) is 19.7. The van der Waals surface area contributed by atoms with Gasteiger partial charge >= 0.3 is 6.03 Å². The van der Waals surface area contributed by atoms with Crippen LogP contribution in [-0.2, 0) is 4.79 Å². The third-order valence-corrected chi connectivity index (χ3v) is 7.99. The molecule has 0 saturated heterocycles. The van der Waals surface area contributed by atoms with Crippen LogP contribution in [0, 0.1) is 25.7 Å². The van der Waals surface area contributed by atoms with Crippen LogP contribution in [0.1, 0.15) is 67.8 Å². The highest BCUT2D eigenvalue weighted by Crippen LogP contribution is 2.36. The number of para-hydroxylation sites is 1. The number of aliphatic hydroxyl groups excluding tert-OH is 1. The molecule has 40 heavy (non-hydrogen) atoms. The van der Waals surface area contributed by atoms with Crippen molar-refractivity contribution < 1.29 is 28.8 Å². The molecule has 2 aromatic rings. The van der Waals surface area contributed by atoms with Crippen LogP contribution in [0.4, 0.5) is 16.2 Å². The van der Waals surface area contributed by atoms with E-state index in [1.807, 2.05) is 6.92 Å². The van der Waals surface area contributed by atoms with E-state index in [2.05, 4.69) is 15.8 Å². The molecule has 0 spiro atoms. The number of nitrogens with one attached hydrogen (secondary N) is 2. The largest absolute Gasteiger partial charge is 0.485 e. The van der Waals surface area contributed by atoms with Crippen LogP contribution < -0.4 is 15.4 Å². The summed E-state index contributed by atoms with van der Waals surface area (Å²) < 4.78 is 11.7. The van der Waals surface area contributed by atoms with Crippen molar-refractivity contribution in [3.05, 3.63) is 35.2 Å². The van der Waals surface area contributed by atoms with Gasteiger partial charge in [-0.1, -0.05) is 37.4 Å². The fourth-order valence-electron chi connectivity index (χ4n) is 5.38. The SMILES string of the molecule is Cc1noc(C)c1NC(=O)N(C)C[C@H]1Oc2c(NC(=O)C3CCCCC3)cccc2C(=O)N([C@H](C)CO)C[C@H]1C. The fourth-order valence-corrected chi connectivity index (χ4v) is 5.38. The molecule has 218 valence electrons. The number of hydrogen-bond donors (Lipinski definition) is 3. The molecule has 1 aliphatic heterocycles. The van der Waals surface area contributed by atoms with E-state index in [0.29, 0.717) is 34.9 Å². The summed E-state index contributed by atoms with van der Waals surface area (Å²) >= 11 is 0. The predicted molar refractivity (Wildman–Crippen MR) is 150 cm³/mol. The number of rotatable bonds is 7. The van der Waals surface area contributed by atoms with Gasteiger partial charge in [-0.3, -0.25) is 9.59 Å². The molecule has 1 fully saturated rings. The molecule has 0 radical (unpaired) electrons. The monoisotopic (exact) mass is 555 g/mol. The fraction of sp³-hybridized carbons (Fsp3) is 0.586. The van der Waals surface area contributed by atoms with Gasteiger partial charge in [-0.2, -0.15) is 0 Å². The van der Waals surface area contributed by atoms with E-state index < -0.39 is 12.1 Å². The van der Waals surface area contributed by atoms with E-state index in [0.717, 1.165) is 32.1 Å². The minimum atomic E-state index is -0.520. The molecule has 0 unspecified atom stereocenters. The Bertz CT molecular complexity index is 1200. The second-order valence-corrected chi connectivity index (χ2v) is 11.1. The normalized spacial score (nSPS) is 20.6. The van der Waals surface area contributed by atoms with Gasteiger partial charge in [-0.05, 0) is 45.7 Å². The molecule has 0 bridgehead atoms. The van der Waals surface area contributed by atoms with Crippen LogP contribution >= 0.6 is 0 Å². The lowest BCUT2D eigenvalue weighted by Crippen LogP contribution is -2.50. The van der Waals surface area contributed by atoms with Crippen molar-refractivity contribution in [2.45, 2.75) is 71.9 Å². The van der Waals surface area contributed by atoms with Crippen LogP contribution in [0.2, 0.25) is 0 Å². The molecule has 11 heteroatoms. The number of carbonyl (C=O) groups excluding carboxylic acids is 3. The minimum absolute atomic E-state index is 0.0753. The van der Waals surface area contributed by atoms with Crippen molar-refractivity contribution in [1.29, 1.82) is 0 Å². The van der Waals surface area contributed by atoms with Crippen molar-refractivity contribution in [2.75, 3.05) is 37.4 Å². The van der Waals surface area contributed by atoms with E-state index in [1.54, 1.807) is 50.9 Å². The lowest BCUT2D eigenvalue weighted by Gasteiger charge is -2.38. The molecule has 4 amide bonds. The standard InChI is InChI=1S/C29H41N5O6/c1-17-14-34(18(2)16-35)28(37)22-12-9-13-23(30-27(36)21-10-7-6-8-11-21)26(22)39-24(17)15-33(5)29(38)31-25-19(3)32-40-20(25)4/h9,12-13,17-18,21,24,35H,6-8,10-11,14-16H2,1-5H3,(H,30,36)(H,31,38)/t17-,18-,24-/m1/s1. The summed E-state index contributed by atoms with van der Waals surface area (Å²) in [5.41, 5.74) is 1.84. The van der Waals surface area contributed by atoms with Gasteiger partial charge in [0.25, 0.3) is 5.91 Å². The summed E-state index contributed by atoms with van der Waals surface area (Å²) in [6.45, 7) is 7.54. The first-order valence-corrected chi connectivity index (χ1v) is 14.1. The van der Waals surface area contributed by atoms with Crippen LogP contribution in [-0.4, -0.2) is 76.8 Å². The Balaban J connectivity index is 1.63. The number of anilines is 2. The molecule has 1 saturated carbocycles. The molecule has 4 rings (SSSR count). The first kappa shape index (κ1) is 29.4. The van der Waals surface area contributed by atoms with E-state index in [9.17, 15) is 19.5 Å². The summed E-state index contributed by atoms with van der Waals surface area (Å²) in [5.74, 6) is 0.153. The van der Waals surface area contributed by atoms with Crippen molar-refractivity contribution >= 4 is 29.2 Å². The maximum atomic E-state index is 13.7. The maximum Gasteiger partial charge on any atom is 0.321 e. The van der Waals surface area contributed by atoms with Crippen LogP contribution in [0.5, 0.6) is 5.75 Å². The number of aliphatic hydroxyl groups is 1. The molecular formula is C29H41N5O6. The van der Waals surface area contributed by atoms with E-state index in [4.69, 9.17) is 9.26 Å². The Hall–Kier alpha value is -3.60. The van der Waals surface area contributed by atoms with Gasteiger partial charge in [-0.15, -0.1) is 0 Å². The summed E-state index contributed by atoms with van der Waals surface area (Å²) in [4.78, 5) is 43.1. The van der Waals surface area contributed by atoms with Crippen molar-refractivity contribution in [3.8, 4) is 5.75 Å². The number of fused-ring (bicyclic) bond motifs is 1. The Morgan fingerprint density at radius 2 is 1.93 bits per heavy atom. The van der Waals surface area contributed by atoms with Crippen molar-refractivity contribution in [1.82, 2.24) is 15.0 Å². The Morgan fingerprint density at radius 1 is 1.20 bits per heavy atom.